The molecule has 1 fully saturated rings. The van der Waals surface area contributed by atoms with Crippen molar-refractivity contribution in [2.75, 3.05) is 29.9 Å². The van der Waals surface area contributed by atoms with E-state index in [0.717, 1.165) is 0 Å². The zero-order valence-electron chi connectivity index (χ0n) is 22.7. The third kappa shape index (κ3) is 6.99. The normalized spacial score (nSPS) is 14.8. The zero-order valence-corrected chi connectivity index (χ0v) is 24.2. The number of aliphatic hydroxyl groups is 1. The molecule has 9 nitrogen and oxygen atoms in total. The van der Waals surface area contributed by atoms with Gasteiger partial charge in [-0.25, -0.2) is 4.98 Å². The van der Waals surface area contributed by atoms with Crippen LogP contribution in [0.4, 0.5) is 30.5 Å². The summed E-state index contributed by atoms with van der Waals surface area (Å²) in [6, 6.07) is 6.50. The largest absolute Gasteiger partial charge is 0.405 e. The highest BCUT2D eigenvalue weighted by molar-refractivity contribution is 6.39. The van der Waals surface area contributed by atoms with Gasteiger partial charge in [0, 0.05) is 26.7 Å². The third-order valence-electron chi connectivity index (χ3n) is 7.31. The number of nitrogens with one attached hydrogen (secondary N) is 3. The molecule has 1 saturated heterocycles. The first-order valence-electron chi connectivity index (χ1n) is 12.9. The molecule has 1 aromatic heterocycles. The van der Waals surface area contributed by atoms with Crippen LogP contribution in [0.3, 0.4) is 0 Å². The van der Waals surface area contributed by atoms with Gasteiger partial charge in [0.05, 0.1) is 43.6 Å². The Bertz CT molecular complexity index is 1450. The molecule has 222 valence electrons. The number of benzene rings is 2. The predicted molar refractivity (Wildman–Crippen MR) is 153 cm³/mol. The van der Waals surface area contributed by atoms with Crippen LogP contribution in [-0.2, 0) is 18.4 Å². The summed E-state index contributed by atoms with van der Waals surface area (Å²) in [7, 11) is 1.74. The van der Waals surface area contributed by atoms with Crippen molar-refractivity contribution in [3.05, 3.63) is 45.4 Å². The Balaban J connectivity index is 1.73. The summed E-state index contributed by atoms with van der Waals surface area (Å²) < 4.78 is 40.4. The molecule has 3 aromatic rings. The molecule has 14 heteroatoms. The maximum Gasteiger partial charge on any atom is 0.405 e. The van der Waals surface area contributed by atoms with E-state index in [2.05, 4.69) is 15.6 Å². The first-order chi connectivity index (χ1) is 19.2. The van der Waals surface area contributed by atoms with Crippen molar-refractivity contribution in [2.24, 2.45) is 13.0 Å². The van der Waals surface area contributed by atoms with Crippen LogP contribution in [0.25, 0.3) is 11.0 Å². The maximum atomic E-state index is 13.0. The second-order valence-electron chi connectivity index (χ2n) is 10.6. The number of halogens is 5. The number of anilines is 3. The molecule has 2 aromatic carbocycles. The van der Waals surface area contributed by atoms with Crippen LogP contribution >= 0.6 is 23.2 Å². The van der Waals surface area contributed by atoms with Gasteiger partial charge in [0.1, 0.15) is 6.54 Å². The Kier molecular flexibility index (Phi) is 8.95. The highest BCUT2D eigenvalue weighted by atomic mass is 35.5. The van der Waals surface area contributed by atoms with Crippen LogP contribution in [0.2, 0.25) is 10.0 Å². The molecule has 0 unspecified atom stereocenters. The number of rotatable bonds is 9. The number of amides is 2. The second-order valence-corrected chi connectivity index (χ2v) is 11.4. The average Bonchev–Trinajstić information content (AvgIpc) is 3.21. The minimum absolute atomic E-state index is 0.0458. The molecular formula is C27H31Cl2F3N6O3. The Morgan fingerprint density at radius 3 is 2.49 bits per heavy atom. The number of imidazole rings is 1. The highest BCUT2D eigenvalue weighted by Crippen LogP contribution is 2.38. The van der Waals surface area contributed by atoms with Gasteiger partial charge < -0.3 is 30.5 Å². The molecule has 0 aliphatic carbocycles. The summed E-state index contributed by atoms with van der Waals surface area (Å²) in [5.41, 5.74) is 1.62. The summed E-state index contributed by atoms with van der Waals surface area (Å²) in [6.07, 6.45) is -2.72. The number of fused-ring (bicyclic) bond motifs is 1. The van der Waals surface area contributed by atoms with Gasteiger partial charge in [-0.1, -0.05) is 29.3 Å². The summed E-state index contributed by atoms with van der Waals surface area (Å²) >= 11 is 13.0. The molecule has 1 aliphatic heterocycles. The van der Waals surface area contributed by atoms with Crippen molar-refractivity contribution in [3.8, 4) is 0 Å². The van der Waals surface area contributed by atoms with Gasteiger partial charge in [-0.2, -0.15) is 13.2 Å². The molecule has 1 aliphatic rings. The monoisotopic (exact) mass is 614 g/mol. The molecule has 2 heterocycles. The van der Waals surface area contributed by atoms with Crippen molar-refractivity contribution in [1.82, 2.24) is 20.2 Å². The van der Waals surface area contributed by atoms with Crippen LogP contribution in [-0.4, -0.2) is 58.4 Å². The lowest BCUT2D eigenvalue weighted by molar-refractivity contribution is -0.123. The fourth-order valence-electron chi connectivity index (χ4n) is 5.00. The molecule has 0 atom stereocenters. The number of aromatic nitrogens is 2. The fourth-order valence-corrected chi connectivity index (χ4v) is 5.53. The van der Waals surface area contributed by atoms with Crippen molar-refractivity contribution >= 4 is 63.9 Å². The number of hydrogen-bond acceptors (Lipinski definition) is 6. The second kappa shape index (κ2) is 11.9. The van der Waals surface area contributed by atoms with Crippen LogP contribution in [0.5, 0.6) is 0 Å². The lowest BCUT2D eigenvalue weighted by Crippen LogP contribution is -2.42. The van der Waals surface area contributed by atoms with Gasteiger partial charge in [-0.05, 0) is 56.4 Å². The molecule has 0 spiro atoms. The molecule has 0 radical (unpaired) electrons. The minimum Gasteiger partial charge on any atom is -0.390 e. The van der Waals surface area contributed by atoms with Crippen molar-refractivity contribution in [3.63, 3.8) is 0 Å². The molecule has 0 bridgehead atoms. The van der Waals surface area contributed by atoms with E-state index in [9.17, 15) is 27.9 Å². The smallest absolute Gasteiger partial charge is 0.390 e. The molecular weight excluding hydrogens is 584 g/mol. The Morgan fingerprint density at radius 1 is 1.20 bits per heavy atom. The van der Waals surface area contributed by atoms with E-state index >= 15 is 0 Å². The van der Waals surface area contributed by atoms with Gasteiger partial charge in [-0.15, -0.1) is 0 Å². The van der Waals surface area contributed by atoms with E-state index in [0.29, 0.717) is 71.3 Å². The van der Waals surface area contributed by atoms with E-state index in [1.54, 1.807) is 43.7 Å². The van der Waals surface area contributed by atoms with E-state index in [4.69, 9.17) is 23.2 Å². The lowest BCUT2D eigenvalue weighted by atomic mass is 9.83. The standard InChI is InChI=1S/C27H31Cl2F3N6O3/c1-26(2,41)16-6-8-38(9-7-16)20-11-21-19(10-17(20)24(40)34-13-27(30,31)32)35-25(37(21)3)36-23-18(28)5-4-15(22(23)29)12-33-14-39/h4-5,10-11,14,16,41H,6-9,12-13H2,1-3H3,(H,33,39)(H,34,40)(H,35,36). The third-order valence-corrected chi connectivity index (χ3v) is 8.06. The van der Waals surface area contributed by atoms with Gasteiger partial charge in [0.25, 0.3) is 5.91 Å². The Labute approximate surface area is 245 Å². The van der Waals surface area contributed by atoms with Crippen molar-refractivity contribution in [1.29, 1.82) is 0 Å². The van der Waals surface area contributed by atoms with Crippen molar-refractivity contribution in [2.45, 2.75) is 45.0 Å². The van der Waals surface area contributed by atoms with Crippen LogP contribution in [0.1, 0.15) is 42.6 Å². The lowest BCUT2D eigenvalue weighted by Gasteiger charge is -2.39. The maximum absolute atomic E-state index is 13.0. The molecule has 2 amide bonds. The van der Waals surface area contributed by atoms with E-state index < -0.39 is 24.2 Å². The summed E-state index contributed by atoms with van der Waals surface area (Å²) in [4.78, 5) is 30.3. The zero-order chi connectivity index (χ0) is 30.1. The fraction of sp³-hybridized carbons (Fsp3) is 0.444. The number of hydrogen-bond donors (Lipinski definition) is 4. The van der Waals surface area contributed by atoms with Crippen molar-refractivity contribution < 1.29 is 27.9 Å². The van der Waals surface area contributed by atoms with Crippen LogP contribution in [0, 0.1) is 5.92 Å². The average molecular weight is 615 g/mol. The molecule has 4 rings (SSSR count). The van der Waals surface area contributed by atoms with Crippen LogP contribution < -0.4 is 20.9 Å². The first-order valence-corrected chi connectivity index (χ1v) is 13.7. The topological polar surface area (TPSA) is 112 Å². The first kappa shape index (κ1) is 30.7. The Morgan fingerprint density at radius 2 is 1.88 bits per heavy atom. The van der Waals surface area contributed by atoms with Gasteiger partial charge in [-0.3, -0.25) is 9.59 Å². The molecule has 41 heavy (non-hydrogen) atoms. The number of carbonyl (C=O) groups excluding carboxylic acids is 2. The van der Waals surface area contributed by atoms with Gasteiger partial charge in [0.15, 0.2) is 0 Å². The van der Waals surface area contributed by atoms with Gasteiger partial charge in [0.2, 0.25) is 12.4 Å². The molecule has 0 saturated carbocycles. The molecule has 4 N–H and O–H groups in total. The summed E-state index contributed by atoms with van der Waals surface area (Å²) in [5.74, 6) is -0.501. The SMILES string of the molecule is Cn1c(Nc2c(Cl)ccc(CNC=O)c2Cl)nc2cc(C(=O)NCC(F)(F)F)c(N3CCC(C(C)(C)O)CC3)cc21. The minimum atomic E-state index is -4.57. The highest BCUT2D eigenvalue weighted by Gasteiger charge is 2.33. The predicted octanol–water partition coefficient (Wildman–Crippen LogP) is 5.15. The quantitative estimate of drug-likeness (QED) is 0.248. The number of nitrogens with zero attached hydrogens (tertiary/aromatic N) is 3. The number of alkyl halides is 3. The number of carbonyl (C=O) groups is 2. The number of aryl methyl sites for hydroxylation is 1. The van der Waals surface area contributed by atoms with Gasteiger partial charge >= 0.3 is 6.18 Å². The Hall–Kier alpha value is -3.22. The van der Waals surface area contributed by atoms with E-state index in [-0.39, 0.29) is 23.0 Å². The van der Waals surface area contributed by atoms with E-state index in [1.807, 2.05) is 10.2 Å². The summed E-state index contributed by atoms with van der Waals surface area (Å²) in [5, 5.41) is 18.7. The summed E-state index contributed by atoms with van der Waals surface area (Å²) in [6.45, 7) is 3.25. The van der Waals surface area contributed by atoms with Crippen LogP contribution in [0.15, 0.2) is 24.3 Å². The van der Waals surface area contributed by atoms with E-state index in [1.165, 1.54) is 6.07 Å². The number of piperidine rings is 1.